The second-order valence-corrected chi connectivity index (χ2v) is 7.97. The second kappa shape index (κ2) is 9.09. The minimum atomic E-state index is -4.57. The highest BCUT2D eigenvalue weighted by Gasteiger charge is 2.37. The van der Waals surface area contributed by atoms with Crippen molar-refractivity contribution < 1.29 is 37.0 Å². The van der Waals surface area contributed by atoms with Gasteiger partial charge in [0.25, 0.3) is 0 Å². The summed E-state index contributed by atoms with van der Waals surface area (Å²) in [5.41, 5.74) is 0.137. The number of carbonyl (C=O) groups is 2. The highest BCUT2D eigenvalue weighted by molar-refractivity contribution is 8.01. The summed E-state index contributed by atoms with van der Waals surface area (Å²) < 4.78 is 55.8. The van der Waals surface area contributed by atoms with Gasteiger partial charge < -0.3 is 19.5 Å². The van der Waals surface area contributed by atoms with Gasteiger partial charge in [-0.05, 0) is 29.8 Å². The van der Waals surface area contributed by atoms with Crippen molar-refractivity contribution in [2.75, 3.05) is 26.6 Å². The molecule has 0 aliphatic carbocycles. The van der Waals surface area contributed by atoms with Crippen molar-refractivity contribution in [3.63, 3.8) is 0 Å². The van der Waals surface area contributed by atoms with Gasteiger partial charge in [0.05, 0.1) is 43.8 Å². The molecule has 31 heavy (non-hydrogen) atoms. The lowest BCUT2D eigenvalue weighted by Gasteiger charge is -2.23. The fourth-order valence-corrected chi connectivity index (χ4v) is 4.73. The molecule has 1 N–H and O–H groups in total. The van der Waals surface area contributed by atoms with E-state index in [2.05, 4.69) is 10.1 Å². The van der Waals surface area contributed by atoms with Crippen LogP contribution in [0.25, 0.3) is 0 Å². The molecule has 10 heteroatoms. The number of hydrogen-bond acceptors (Lipinski definition) is 6. The van der Waals surface area contributed by atoms with E-state index in [1.54, 1.807) is 18.2 Å². The molecule has 166 valence electrons. The number of amides is 1. The molecule has 2 atom stereocenters. The molecule has 0 bridgehead atoms. The van der Waals surface area contributed by atoms with E-state index >= 15 is 0 Å². The molecule has 1 aliphatic heterocycles. The molecule has 2 aromatic carbocycles. The zero-order valence-electron chi connectivity index (χ0n) is 16.9. The van der Waals surface area contributed by atoms with E-state index < -0.39 is 34.1 Å². The number of carbonyl (C=O) groups excluding carboxylic acids is 2. The first-order chi connectivity index (χ1) is 14.7. The SMILES string of the molecule is COC(=O)C[C@H]1S[C@H](c2cccc(OC)c2OC)c2cc(C(F)(F)F)ccc2NC1=O. The van der Waals surface area contributed by atoms with E-state index in [1.165, 1.54) is 27.4 Å². The molecule has 0 radical (unpaired) electrons. The quantitative estimate of drug-likeness (QED) is 0.673. The maximum absolute atomic E-state index is 13.4. The Balaban J connectivity index is 2.20. The minimum absolute atomic E-state index is 0.229. The van der Waals surface area contributed by atoms with Crippen molar-refractivity contribution in [3.8, 4) is 11.5 Å². The normalized spacial score (nSPS) is 18.5. The molecule has 2 aromatic rings. The molecular formula is C21H20F3NO5S. The van der Waals surface area contributed by atoms with Crippen LogP contribution in [0.2, 0.25) is 0 Å². The van der Waals surface area contributed by atoms with Crippen LogP contribution in [0.15, 0.2) is 36.4 Å². The van der Waals surface area contributed by atoms with Crippen molar-refractivity contribution in [1.82, 2.24) is 0 Å². The Hall–Kier alpha value is -2.88. The third-order valence-corrected chi connectivity index (χ3v) is 6.30. The van der Waals surface area contributed by atoms with Gasteiger partial charge in [-0.2, -0.15) is 13.2 Å². The van der Waals surface area contributed by atoms with E-state index in [0.29, 0.717) is 17.1 Å². The van der Waals surface area contributed by atoms with Crippen molar-refractivity contribution in [3.05, 3.63) is 53.1 Å². The van der Waals surface area contributed by atoms with Gasteiger partial charge in [-0.15, -0.1) is 11.8 Å². The van der Waals surface area contributed by atoms with Crippen molar-refractivity contribution >= 4 is 29.3 Å². The summed E-state index contributed by atoms with van der Waals surface area (Å²) >= 11 is 1.05. The van der Waals surface area contributed by atoms with Crippen LogP contribution in [0.5, 0.6) is 11.5 Å². The van der Waals surface area contributed by atoms with Crippen LogP contribution >= 0.6 is 11.8 Å². The average Bonchev–Trinajstić information content (AvgIpc) is 2.88. The van der Waals surface area contributed by atoms with E-state index in [0.717, 1.165) is 23.9 Å². The number of nitrogens with one attached hydrogen (secondary N) is 1. The van der Waals surface area contributed by atoms with Gasteiger partial charge in [-0.1, -0.05) is 12.1 Å². The molecule has 3 rings (SSSR count). The van der Waals surface area contributed by atoms with Gasteiger partial charge in [-0.3, -0.25) is 9.59 Å². The summed E-state index contributed by atoms with van der Waals surface area (Å²) in [5, 5.41) is 0.992. The smallest absolute Gasteiger partial charge is 0.416 e. The van der Waals surface area contributed by atoms with Crippen molar-refractivity contribution in [2.45, 2.75) is 23.1 Å². The van der Waals surface area contributed by atoms with E-state index in [-0.39, 0.29) is 17.7 Å². The first-order valence-corrected chi connectivity index (χ1v) is 10.1. The zero-order valence-corrected chi connectivity index (χ0v) is 17.7. The number of fused-ring (bicyclic) bond motifs is 1. The molecule has 1 aliphatic rings. The minimum Gasteiger partial charge on any atom is -0.493 e. The molecule has 0 saturated heterocycles. The number of methoxy groups -OCH3 is 3. The third kappa shape index (κ3) is 4.73. The number of thioether (sulfide) groups is 1. The largest absolute Gasteiger partial charge is 0.493 e. The predicted octanol–water partition coefficient (Wildman–Crippen LogP) is 4.43. The lowest BCUT2D eigenvalue weighted by Crippen LogP contribution is -2.27. The molecule has 6 nitrogen and oxygen atoms in total. The topological polar surface area (TPSA) is 73.9 Å². The molecule has 1 heterocycles. The van der Waals surface area contributed by atoms with Gasteiger partial charge in [0.1, 0.15) is 0 Å². The number of alkyl halides is 3. The maximum Gasteiger partial charge on any atom is 0.416 e. The molecular weight excluding hydrogens is 435 g/mol. The zero-order chi connectivity index (χ0) is 22.8. The van der Waals surface area contributed by atoms with Crippen LogP contribution in [0, 0.1) is 0 Å². The number of para-hydroxylation sites is 1. The first kappa shape index (κ1) is 22.8. The fourth-order valence-electron chi connectivity index (χ4n) is 3.32. The Morgan fingerprint density at radius 3 is 2.45 bits per heavy atom. The van der Waals surface area contributed by atoms with Gasteiger partial charge in [0.2, 0.25) is 5.91 Å². The molecule has 0 aromatic heterocycles. The number of hydrogen-bond donors (Lipinski definition) is 1. The van der Waals surface area contributed by atoms with E-state index in [9.17, 15) is 22.8 Å². The Kier molecular flexibility index (Phi) is 6.68. The predicted molar refractivity (Wildman–Crippen MR) is 109 cm³/mol. The summed E-state index contributed by atoms with van der Waals surface area (Å²) in [6, 6.07) is 8.16. The summed E-state index contributed by atoms with van der Waals surface area (Å²) in [6.45, 7) is 0. The van der Waals surface area contributed by atoms with Crippen LogP contribution in [-0.4, -0.2) is 38.5 Å². The van der Waals surface area contributed by atoms with Crippen molar-refractivity contribution in [1.29, 1.82) is 0 Å². The highest BCUT2D eigenvalue weighted by atomic mass is 32.2. The Morgan fingerprint density at radius 2 is 1.84 bits per heavy atom. The van der Waals surface area contributed by atoms with Crippen LogP contribution < -0.4 is 14.8 Å². The van der Waals surface area contributed by atoms with Gasteiger partial charge in [-0.25, -0.2) is 0 Å². The number of esters is 1. The fraction of sp³-hybridized carbons (Fsp3) is 0.333. The summed E-state index contributed by atoms with van der Waals surface area (Å²) in [7, 11) is 4.07. The summed E-state index contributed by atoms with van der Waals surface area (Å²) in [6.07, 6.45) is -4.81. The molecule has 0 saturated carbocycles. The third-order valence-electron chi connectivity index (χ3n) is 4.81. The maximum atomic E-state index is 13.4. The van der Waals surface area contributed by atoms with Crippen molar-refractivity contribution in [2.24, 2.45) is 0 Å². The molecule has 0 fully saturated rings. The Bertz CT molecular complexity index is 995. The van der Waals surface area contributed by atoms with Crippen LogP contribution in [0.3, 0.4) is 0 Å². The van der Waals surface area contributed by atoms with Gasteiger partial charge in [0, 0.05) is 11.3 Å². The van der Waals surface area contributed by atoms with Crippen LogP contribution in [-0.2, 0) is 20.5 Å². The standard InChI is InChI=1S/C21H20F3NO5S/c1-28-15-6-4-5-12(18(15)30-3)19-13-9-11(21(22,23)24)7-8-14(13)25-20(27)16(31-19)10-17(26)29-2/h4-9,16,19H,10H2,1-3H3,(H,25,27)/t16-,19-/m1/s1. The Morgan fingerprint density at radius 1 is 1.10 bits per heavy atom. The second-order valence-electron chi connectivity index (χ2n) is 6.66. The Labute approximate surface area is 181 Å². The van der Waals surface area contributed by atoms with Crippen LogP contribution in [0.1, 0.15) is 28.4 Å². The van der Waals surface area contributed by atoms with E-state index in [1.807, 2.05) is 0 Å². The molecule has 0 spiro atoms. The lowest BCUT2D eigenvalue weighted by molar-refractivity contribution is -0.141. The number of ether oxygens (including phenoxy) is 3. The number of benzene rings is 2. The lowest BCUT2D eigenvalue weighted by atomic mass is 9.98. The first-order valence-electron chi connectivity index (χ1n) is 9.14. The average molecular weight is 455 g/mol. The summed E-state index contributed by atoms with van der Waals surface area (Å²) in [4.78, 5) is 24.6. The van der Waals surface area contributed by atoms with Gasteiger partial charge in [0.15, 0.2) is 11.5 Å². The van der Waals surface area contributed by atoms with Crippen LogP contribution in [0.4, 0.5) is 18.9 Å². The number of anilines is 1. The monoisotopic (exact) mass is 455 g/mol. The summed E-state index contributed by atoms with van der Waals surface area (Å²) in [5.74, 6) is -0.383. The van der Waals surface area contributed by atoms with E-state index in [4.69, 9.17) is 9.47 Å². The number of rotatable bonds is 5. The van der Waals surface area contributed by atoms with Gasteiger partial charge >= 0.3 is 12.1 Å². The number of halogens is 3. The molecule has 1 amide bonds. The molecule has 0 unspecified atom stereocenters. The highest BCUT2D eigenvalue weighted by Crippen LogP contribution is 2.50.